The van der Waals surface area contributed by atoms with Crippen LogP contribution < -0.4 is 16.0 Å². The Bertz CT molecular complexity index is 899. The Morgan fingerprint density at radius 3 is 2.34 bits per heavy atom. The molecule has 1 amide bonds. The van der Waals surface area contributed by atoms with Crippen molar-refractivity contribution in [1.29, 1.82) is 0 Å². The number of ether oxygens (including phenoxy) is 1. The number of rotatable bonds is 6. The van der Waals surface area contributed by atoms with Gasteiger partial charge >= 0.3 is 0 Å². The highest BCUT2D eigenvalue weighted by Crippen LogP contribution is 2.26. The minimum Gasteiger partial charge on any atom is -0.399 e. The lowest BCUT2D eigenvalue weighted by molar-refractivity contribution is -0.139. The number of hydrogen-bond donors (Lipinski definition) is 2. The lowest BCUT2D eigenvalue weighted by atomic mass is 9.92. The van der Waals surface area contributed by atoms with Crippen LogP contribution in [0.4, 0.5) is 17.1 Å². The number of carbonyl (C=O) groups is 1. The third-order valence-corrected chi connectivity index (χ3v) is 6.79. The zero-order valence-electron chi connectivity index (χ0n) is 19.3. The summed E-state index contributed by atoms with van der Waals surface area (Å²) in [7, 11) is 0. The quantitative estimate of drug-likeness (QED) is 0.671. The molecule has 0 bridgehead atoms. The van der Waals surface area contributed by atoms with Crippen LogP contribution in [0.2, 0.25) is 0 Å². The summed E-state index contributed by atoms with van der Waals surface area (Å²) < 4.78 is 6.01. The maximum atomic E-state index is 12.7. The number of benzene rings is 2. The van der Waals surface area contributed by atoms with Crippen LogP contribution in [0.1, 0.15) is 36.8 Å². The van der Waals surface area contributed by atoms with Crippen LogP contribution in [0.5, 0.6) is 0 Å². The average Bonchev–Trinajstić information content (AvgIpc) is 2.81. The molecule has 0 radical (unpaired) electrons. The molecule has 4 rings (SSSR count). The van der Waals surface area contributed by atoms with E-state index < -0.39 is 0 Å². The van der Waals surface area contributed by atoms with Gasteiger partial charge in [-0.25, -0.2) is 0 Å². The first-order valence-corrected chi connectivity index (χ1v) is 11.8. The molecule has 2 aromatic rings. The predicted molar refractivity (Wildman–Crippen MR) is 131 cm³/mol. The monoisotopic (exact) mass is 436 g/mol. The molecule has 0 aromatic heterocycles. The van der Waals surface area contributed by atoms with Crippen LogP contribution in [0.15, 0.2) is 42.5 Å². The Morgan fingerprint density at radius 2 is 1.69 bits per heavy atom. The molecule has 0 spiro atoms. The van der Waals surface area contributed by atoms with Crippen molar-refractivity contribution in [3.05, 3.63) is 53.6 Å². The van der Waals surface area contributed by atoms with Crippen LogP contribution in [-0.2, 0) is 9.53 Å². The lowest BCUT2D eigenvalue weighted by Gasteiger charge is -2.36. The first-order valence-electron chi connectivity index (χ1n) is 11.8. The molecule has 1 aliphatic heterocycles. The second-order valence-electron chi connectivity index (χ2n) is 9.20. The smallest absolute Gasteiger partial charge is 0.248 e. The third kappa shape index (κ3) is 5.74. The minimum atomic E-state index is 0.117. The first kappa shape index (κ1) is 22.5. The molecular formula is C26H36N4O2. The normalized spacial score (nSPS) is 21.4. The number of piperazine rings is 1. The number of nitrogens with zero attached hydrogens (tertiary/aromatic N) is 2. The van der Waals surface area contributed by atoms with Gasteiger partial charge < -0.3 is 25.6 Å². The van der Waals surface area contributed by atoms with Gasteiger partial charge in [-0.1, -0.05) is 17.7 Å². The fourth-order valence-corrected chi connectivity index (χ4v) is 4.63. The van der Waals surface area contributed by atoms with E-state index in [4.69, 9.17) is 10.5 Å². The van der Waals surface area contributed by atoms with Crippen LogP contribution in [0.25, 0.3) is 0 Å². The summed E-state index contributed by atoms with van der Waals surface area (Å²) >= 11 is 0. The number of amides is 1. The highest BCUT2D eigenvalue weighted by atomic mass is 16.5. The molecule has 1 heterocycles. The zero-order valence-corrected chi connectivity index (χ0v) is 19.3. The van der Waals surface area contributed by atoms with E-state index in [1.807, 2.05) is 24.0 Å². The number of nitrogens with one attached hydrogen (secondary N) is 1. The van der Waals surface area contributed by atoms with E-state index in [2.05, 4.69) is 47.5 Å². The maximum absolute atomic E-state index is 12.7. The largest absolute Gasteiger partial charge is 0.399 e. The standard InChI is InChI=1S/C26H36N4O2/c1-19-3-8-23(9-4-19)29-13-15-30(16-14-29)26(31)18-32-24-10-5-21(6-11-24)28-22-7-12-25(27)20(2)17-22/h3-4,7-9,12,17,21,24,28H,5-6,10-11,13-16,18,27H2,1-2H3. The highest BCUT2D eigenvalue weighted by molar-refractivity contribution is 5.77. The number of nitrogen functional groups attached to an aromatic ring is 1. The highest BCUT2D eigenvalue weighted by Gasteiger charge is 2.25. The van der Waals surface area contributed by atoms with Crippen molar-refractivity contribution < 1.29 is 9.53 Å². The maximum Gasteiger partial charge on any atom is 0.248 e. The number of hydrogen-bond acceptors (Lipinski definition) is 5. The second kappa shape index (κ2) is 10.3. The van der Waals surface area contributed by atoms with Crippen molar-refractivity contribution in [3.63, 3.8) is 0 Å². The summed E-state index contributed by atoms with van der Waals surface area (Å²) in [5.41, 5.74) is 11.5. The molecular weight excluding hydrogens is 400 g/mol. The minimum absolute atomic E-state index is 0.117. The lowest BCUT2D eigenvalue weighted by Crippen LogP contribution is -2.50. The number of carbonyl (C=O) groups excluding carboxylic acids is 1. The Labute approximate surface area is 191 Å². The van der Waals surface area contributed by atoms with Gasteiger partial charge in [-0.3, -0.25) is 4.79 Å². The SMILES string of the molecule is Cc1ccc(N2CCN(C(=O)COC3CCC(Nc4ccc(N)c(C)c4)CC3)CC2)cc1. The molecule has 32 heavy (non-hydrogen) atoms. The molecule has 0 unspecified atom stereocenters. The van der Waals surface area contributed by atoms with Crippen molar-refractivity contribution in [2.24, 2.45) is 0 Å². The van der Waals surface area contributed by atoms with Crippen LogP contribution in [0, 0.1) is 13.8 Å². The first-order chi connectivity index (χ1) is 15.5. The molecule has 2 aliphatic rings. The fourth-order valence-electron chi connectivity index (χ4n) is 4.63. The van der Waals surface area contributed by atoms with Crippen molar-refractivity contribution >= 4 is 23.0 Å². The molecule has 1 saturated carbocycles. The molecule has 2 aromatic carbocycles. The van der Waals surface area contributed by atoms with Crippen LogP contribution in [-0.4, -0.2) is 55.7 Å². The summed E-state index contributed by atoms with van der Waals surface area (Å²) in [4.78, 5) is 16.9. The van der Waals surface area contributed by atoms with Crippen molar-refractivity contribution in [2.45, 2.75) is 51.7 Å². The molecule has 3 N–H and O–H groups in total. The van der Waals surface area contributed by atoms with Crippen LogP contribution in [0.3, 0.4) is 0 Å². The Hall–Kier alpha value is -2.73. The Kier molecular flexibility index (Phi) is 7.20. The molecule has 1 saturated heterocycles. The third-order valence-electron chi connectivity index (χ3n) is 6.79. The van der Waals surface area contributed by atoms with E-state index in [0.717, 1.165) is 68.8 Å². The van der Waals surface area contributed by atoms with E-state index in [1.54, 1.807) is 0 Å². The van der Waals surface area contributed by atoms with Crippen LogP contribution >= 0.6 is 0 Å². The Morgan fingerprint density at radius 1 is 1.00 bits per heavy atom. The molecule has 172 valence electrons. The van der Waals surface area contributed by atoms with Gasteiger partial charge in [0.1, 0.15) is 6.61 Å². The summed E-state index contributed by atoms with van der Waals surface area (Å²) in [5.74, 6) is 0.117. The predicted octanol–water partition coefficient (Wildman–Crippen LogP) is 3.97. The van der Waals surface area contributed by atoms with Gasteiger partial charge in [-0.05, 0) is 75.4 Å². The summed E-state index contributed by atoms with van der Waals surface area (Å²) in [6.07, 6.45) is 4.26. The number of aryl methyl sites for hydroxylation is 2. The van der Waals surface area contributed by atoms with Crippen molar-refractivity contribution in [2.75, 3.05) is 48.7 Å². The van der Waals surface area contributed by atoms with E-state index in [9.17, 15) is 4.79 Å². The van der Waals surface area contributed by atoms with Gasteiger partial charge in [-0.15, -0.1) is 0 Å². The number of nitrogens with two attached hydrogens (primary N) is 1. The molecule has 1 aliphatic carbocycles. The summed E-state index contributed by atoms with van der Waals surface area (Å²) in [6, 6.07) is 15.2. The van der Waals surface area contributed by atoms with Gasteiger partial charge in [0.25, 0.3) is 0 Å². The Balaban J connectivity index is 1.15. The van der Waals surface area contributed by atoms with E-state index in [1.165, 1.54) is 11.3 Å². The average molecular weight is 437 g/mol. The van der Waals surface area contributed by atoms with Gasteiger partial charge in [0.2, 0.25) is 5.91 Å². The topological polar surface area (TPSA) is 70.8 Å². The molecule has 2 fully saturated rings. The van der Waals surface area contributed by atoms with Crippen molar-refractivity contribution in [1.82, 2.24) is 4.90 Å². The summed E-state index contributed by atoms with van der Waals surface area (Å²) in [6.45, 7) is 7.59. The van der Waals surface area contributed by atoms with E-state index >= 15 is 0 Å². The molecule has 6 nitrogen and oxygen atoms in total. The zero-order chi connectivity index (χ0) is 22.5. The van der Waals surface area contributed by atoms with Gasteiger partial charge in [0.15, 0.2) is 0 Å². The van der Waals surface area contributed by atoms with Crippen molar-refractivity contribution in [3.8, 4) is 0 Å². The molecule has 0 atom stereocenters. The van der Waals surface area contributed by atoms with Gasteiger partial charge in [0, 0.05) is 49.3 Å². The fraction of sp³-hybridized carbons (Fsp3) is 0.500. The second-order valence-corrected chi connectivity index (χ2v) is 9.20. The van der Waals surface area contributed by atoms with E-state index in [0.29, 0.717) is 6.04 Å². The number of anilines is 3. The van der Waals surface area contributed by atoms with Gasteiger partial charge in [0.05, 0.1) is 6.10 Å². The molecule has 6 heteroatoms. The summed E-state index contributed by atoms with van der Waals surface area (Å²) in [5, 5.41) is 3.62. The van der Waals surface area contributed by atoms with E-state index in [-0.39, 0.29) is 18.6 Å². The van der Waals surface area contributed by atoms with Gasteiger partial charge in [-0.2, -0.15) is 0 Å².